The summed E-state index contributed by atoms with van der Waals surface area (Å²) >= 11 is 0. The molecular weight excluding hydrogens is 384 g/mol. The number of carbonyl (C=O) groups excluding carboxylic acids is 4. The smallest absolute Gasteiger partial charge is 0.262 e. The number of hydrogen-bond donors (Lipinski definition) is 1. The second kappa shape index (κ2) is 8.08. The van der Waals surface area contributed by atoms with Gasteiger partial charge in [-0.05, 0) is 43.4 Å². The van der Waals surface area contributed by atoms with Crippen molar-refractivity contribution in [2.24, 2.45) is 0 Å². The fourth-order valence-corrected chi connectivity index (χ4v) is 3.62. The molecule has 154 valence electrons. The first-order valence-corrected chi connectivity index (χ1v) is 9.77. The van der Waals surface area contributed by atoms with Crippen LogP contribution in [0.3, 0.4) is 0 Å². The van der Waals surface area contributed by atoms with Crippen LogP contribution in [0.5, 0.6) is 0 Å². The molecule has 0 unspecified atom stereocenters. The molecule has 0 spiro atoms. The highest BCUT2D eigenvalue weighted by atomic mass is 16.2. The number of piperazine rings is 1. The van der Waals surface area contributed by atoms with E-state index in [4.69, 9.17) is 0 Å². The lowest BCUT2D eigenvalue weighted by Crippen LogP contribution is -2.47. The fraction of sp³-hybridized carbons (Fsp3) is 0.273. The van der Waals surface area contributed by atoms with Gasteiger partial charge in [0.05, 0.1) is 11.1 Å². The van der Waals surface area contributed by atoms with E-state index in [1.54, 1.807) is 48.5 Å². The molecule has 0 atom stereocenters. The summed E-state index contributed by atoms with van der Waals surface area (Å²) in [6, 6.07) is 13.1. The van der Waals surface area contributed by atoms with Crippen LogP contribution < -0.4 is 5.32 Å². The zero-order chi connectivity index (χ0) is 21.3. The average molecular weight is 406 g/mol. The van der Waals surface area contributed by atoms with E-state index < -0.39 is 17.7 Å². The summed E-state index contributed by atoms with van der Waals surface area (Å²) in [6.07, 6.45) is 0. The minimum atomic E-state index is -0.484. The SMILES string of the molecule is CN1CCN(C(=O)c2ccc(NC(=O)CN3C(=O)c4ccccc4C3=O)cc2)CC1. The Balaban J connectivity index is 1.36. The molecule has 30 heavy (non-hydrogen) atoms. The van der Waals surface area contributed by atoms with Crippen LogP contribution >= 0.6 is 0 Å². The molecule has 2 aliphatic rings. The number of likely N-dealkylation sites (N-methyl/N-ethyl adjacent to an activating group) is 1. The lowest BCUT2D eigenvalue weighted by Gasteiger charge is -2.32. The molecule has 0 aromatic heterocycles. The van der Waals surface area contributed by atoms with Crippen molar-refractivity contribution < 1.29 is 19.2 Å². The van der Waals surface area contributed by atoms with Gasteiger partial charge >= 0.3 is 0 Å². The Kier molecular flexibility index (Phi) is 5.33. The lowest BCUT2D eigenvalue weighted by atomic mass is 10.1. The van der Waals surface area contributed by atoms with Gasteiger partial charge in [0.1, 0.15) is 6.54 Å². The summed E-state index contributed by atoms with van der Waals surface area (Å²) in [6.45, 7) is 2.70. The first-order chi connectivity index (χ1) is 14.4. The third-order valence-corrected chi connectivity index (χ3v) is 5.39. The van der Waals surface area contributed by atoms with Crippen molar-refractivity contribution in [3.63, 3.8) is 0 Å². The number of imide groups is 1. The molecule has 4 amide bonds. The van der Waals surface area contributed by atoms with Crippen molar-refractivity contribution in [1.29, 1.82) is 0 Å². The number of nitrogens with zero attached hydrogens (tertiary/aromatic N) is 3. The number of nitrogens with one attached hydrogen (secondary N) is 1. The van der Waals surface area contributed by atoms with Gasteiger partial charge in [0, 0.05) is 37.4 Å². The predicted molar refractivity (Wildman–Crippen MR) is 110 cm³/mol. The normalized spacial score (nSPS) is 16.6. The van der Waals surface area contributed by atoms with Gasteiger partial charge in [-0.15, -0.1) is 0 Å². The number of carbonyl (C=O) groups is 4. The molecule has 2 aliphatic heterocycles. The highest BCUT2D eigenvalue weighted by molar-refractivity contribution is 6.22. The maximum absolute atomic E-state index is 12.6. The van der Waals surface area contributed by atoms with E-state index in [1.807, 2.05) is 11.9 Å². The summed E-state index contributed by atoms with van der Waals surface area (Å²) in [5, 5.41) is 2.67. The van der Waals surface area contributed by atoms with Gasteiger partial charge in [-0.3, -0.25) is 24.1 Å². The van der Waals surface area contributed by atoms with E-state index >= 15 is 0 Å². The Bertz CT molecular complexity index is 975. The predicted octanol–water partition coefficient (Wildman–Crippen LogP) is 1.31. The van der Waals surface area contributed by atoms with Gasteiger partial charge in [-0.25, -0.2) is 0 Å². The van der Waals surface area contributed by atoms with Gasteiger partial charge in [0.2, 0.25) is 5.91 Å². The van der Waals surface area contributed by atoms with E-state index in [0.29, 0.717) is 35.5 Å². The molecule has 0 radical (unpaired) electrons. The highest BCUT2D eigenvalue weighted by Gasteiger charge is 2.36. The van der Waals surface area contributed by atoms with Crippen LogP contribution in [-0.4, -0.2) is 78.1 Å². The first kappa shape index (κ1) is 19.8. The van der Waals surface area contributed by atoms with Crippen LogP contribution in [0.1, 0.15) is 31.1 Å². The Hall–Kier alpha value is -3.52. The topological polar surface area (TPSA) is 90.0 Å². The number of amides is 4. The number of rotatable bonds is 4. The summed E-state index contributed by atoms with van der Waals surface area (Å²) in [5.74, 6) is -1.47. The molecule has 0 bridgehead atoms. The van der Waals surface area contributed by atoms with Gasteiger partial charge < -0.3 is 15.1 Å². The van der Waals surface area contributed by atoms with E-state index in [-0.39, 0.29) is 12.5 Å². The third kappa shape index (κ3) is 3.81. The number of benzene rings is 2. The molecule has 0 aliphatic carbocycles. The Morgan fingerprint density at radius 1 is 0.867 bits per heavy atom. The molecule has 1 fully saturated rings. The van der Waals surface area contributed by atoms with Crippen molar-refractivity contribution in [3.05, 3.63) is 65.2 Å². The maximum atomic E-state index is 12.6. The van der Waals surface area contributed by atoms with Crippen LogP contribution in [0.15, 0.2) is 48.5 Å². The summed E-state index contributed by atoms with van der Waals surface area (Å²) < 4.78 is 0. The average Bonchev–Trinajstić information content (AvgIpc) is 2.99. The standard InChI is InChI=1S/C22H22N4O4/c1-24-10-12-25(13-11-24)20(28)15-6-8-16(9-7-15)23-19(27)14-26-21(29)17-4-2-3-5-18(17)22(26)30/h2-9H,10-14H2,1H3,(H,23,27). The van der Waals surface area contributed by atoms with Crippen molar-refractivity contribution in [2.45, 2.75) is 0 Å². The largest absolute Gasteiger partial charge is 0.336 e. The molecular formula is C22H22N4O4. The Morgan fingerprint density at radius 2 is 1.43 bits per heavy atom. The molecule has 8 nitrogen and oxygen atoms in total. The van der Waals surface area contributed by atoms with Crippen LogP contribution in [0, 0.1) is 0 Å². The van der Waals surface area contributed by atoms with E-state index in [9.17, 15) is 19.2 Å². The number of hydrogen-bond acceptors (Lipinski definition) is 5. The number of fused-ring (bicyclic) bond motifs is 1. The van der Waals surface area contributed by atoms with E-state index in [1.165, 1.54) is 0 Å². The third-order valence-electron chi connectivity index (χ3n) is 5.39. The summed E-state index contributed by atoms with van der Waals surface area (Å²) in [4.78, 5) is 54.6. The zero-order valence-corrected chi connectivity index (χ0v) is 16.6. The van der Waals surface area contributed by atoms with Crippen molar-refractivity contribution in [2.75, 3.05) is 45.1 Å². The molecule has 0 saturated carbocycles. The Morgan fingerprint density at radius 3 is 2.00 bits per heavy atom. The van der Waals surface area contributed by atoms with Crippen molar-refractivity contribution >= 4 is 29.3 Å². The quantitative estimate of drug-likeness (QED) is 0.774. The van der Waals surface area contributed by atoms with Crippen molar-refractivity contribution in [1.82, 2.24) is 14.7 Å². The highest BCUT2D eigenvalue weighted by Crippen LogP contribution is 2.22. The van der Waals surface area contributed by atoms with Gasteiger partial charge in [0.25, 0.3) is 17.7 Å². The molecule has 8 heteroatoms. The molecule has 1 saturated heterocycles. The van der Waals surface area contributed by atoms with Crippen LogP contribution in [-0.2, 0) is 4.79 Å². The zero-order valence-electron chi connectivity index (χ0n) is 16.6. The van der Waals surface area contributed by atoms with Gasteiger partial charge in [-0.1, -0.05) is 12.1 Å². The molecule has 2 aromatic carbocycles. The van der Waals surface area contributed by atoms with Crippen LogP contribution in [0.4, 0.5) is 5.69 Å². The van der Waals surface area contributed by atoms with Crippen LogP contribution in [0.25, 0.3) is 0 Å². The lowest BCUT2D eigenvalue weighted by molar-refractivity contribution is -0.116. The van der Waals surface area contributed by atoms with Gasteiger partial charge in [0.15, 0.2) is 0 Å². The second-order valence-corrected chi connectivity index (χ2v) is 7.46. The van der Waals surface area contributed by atoms with Gasteiger partial charge in [-0.2, -0.15) is 0 Å². The minimum absolute atomic E-state index is 0.0352. The van der Waals surface area contributed by atoms with Crippen LogP contribution in [0.2, 0.25) is 0 Å². The van der Waals surface area contributed by atoms with E-state index in [2.05, 4.69) is 10.2 Å². The molecule has 2 heterocycles. The second-order valence-electron chi connectivity index (χ2n) is 7.46. The number of anilines is 1. The van der Waals surface area contributed by atoms with Crippen molar-refractivity contribution in [3.8, 4) is 0 Å². The first-order valence-electron chi connectivity index (χ1n) is 9.77. The minimum Gasteiger partial charge on any atom is -0.336 e. The molecule has 2 aromatic rings. The monoisotopic (exact) mass is 406 g/mol. The maximum Gasteiger partial charge on any atom is 0.262 e. The fourth-order valence-electron chi connectivity index (χ4n) is 3.62. The Labute approximate surface area is 174 Å². The molecule has 4 rings (SSSR count). The summed E-state index contributed by atoms with van der Waals surface area (Å²) in [7, 11) is 2.03. The summed E-state index contributed by atoms with van der Waals surface area (Å²) in [5.41, 5.74) is 1.66. The van der Waals surface area contributed by atoms with E-state index in [0.717, 1.165) is 18.0 Å². The molecule has 1 N–H and O–H groups in total.